The van der Waals surface area contributed by atoms with Crippen LogP contribution < -0.4 is 15.0 Å². The van der Waals surface area contributed by atoms with Gasteiger partial charge in [0.25, 0.3) is 11.8 Å². The monoisotopic (exact) mass is 341 g/mol. The highest BCUT2D eigenvalue weighted by atomic mass is 32.1. The summed E-state index contributed by atoms with van der Waals surface area (Å²) < 4.78 is 19.1. The maximum atomic E-state index is 11.8. The molecule has 0 aliphatic carbocycles. The third-order valence-corrected chi connectivity index (χ3v) is 4.29. The van der Waals surface area contributed by atoms with Crippen molar-refractivity contribution in [1.29, 1.82) is 0 Å². The second-order valence-corrected chi connectivity index (χ2v) is 5.99. The second-order valence-electron chi connectivity index (χ2n) is 4.48. The van der Waals surface area contributed by atoms with Crippen LogP contribution in [0.15, 0.2) is 11.6 Å². The van der Waals surface area contributed by atoms with Crippen LogP contribution in [0.1, 0.15) is 5.01 Å². The predicted octanol–water partition coefficient (Wildman–Crippen LogP) is 0.526. The lowest BCUT2D eigenvalue weighted by molar-refractivity contribution is -0.123. The van der Waals surface area contributed by atoms with E-state index in [1.54, 1.807) is 6.20 Å². The zero-order valence-corrected chi connectivity index (χ0v) is 13.4. The van der Waals surface area contributed by atoms with Gasteiger partial charge in [0, 0.05) is 24.7 Å². The van der Waals surface area contributed by atoms with Crippen molar-refractivity contribution in [3.8, 4) is 5.88 Å². The highest BCUT2D eigenvalue weighted by Gasteiger charge is 2.20. The molecule has 10 heteroatoms. The Balaban J connectivity index is 1.48. The molecule has 3 heterocycles. The number of thiazole rings is 1. The first-order chi connectivity index (χ1) is 10.8. The summed E-state index contributed by atoms with van der Waals surface area (Å²) in [6.45, 7) is 3.13. The van der Waals surface area contributed by atoms with Crippen molar-refractivity contribution in [3.05, 3.63) is 16.6 Å². The van der Waals surface area contributed by atoms with Crippen molar-refractivity contribution in [3.63, 3.8) is 0 Å². The molecule has 22 heavy (non-hydrogen) atoms. The number of aromatic nitrogens is 3. The molecule has 2 aromatic rings. The van der Waals surface area contributed by atoms with Crippen molar-refractivity contribution < 1.29 is 14.3 Å². The first-order valence-electron chi connectivity index (χ1n) is 6.76. The molecule has 0 spiro atoms. The first-order valence-corrected chi connectivity index (χ1v) is 8.37. The summed E-state index contributed by atoms with van der Waals surface area (Å²) in [5.41, 5.74) is 0. The van der Waals surface area contributed by atoms with Crippen molar-refractivity contribution in [2.45, 2.75) is 6.54 Å². The van der Waals surface area contributed by atoms with Crippen LogP contribution in [0.5, 0.6) is 5.88 Å². The van der Waals surface area contributed by atoms with Gasteiger partial charge in [0.15, 0.2) is 6.61 Å². The minimum absolute atomic E-state index is 0.0892. The van der Waals surface area contributed by atoms with Crippen LogP contribution in [0.3, 0.4) is 0 Å². The molecule has 0 atom stereocenters. The van der Waals surface area contributed by atoms with E-state index < -0.39 is 0 Å². The molecule has 1 aliphatic heterocycles. The van der Waals surface area contributed by atoms with Crippen molar-refractivity contribution in [2.24, 2.45) is 0 Å². The number of carbonyl (C=O) groups is 1. The van der Waals surface area contributed by atoms with Crippen LogP contribution in [-0.2, 0) is 16.1 Å². The summed E-state index contributed by atoms with van der Waals surface area (Å²) in [5.74, 6) is 0.869. The van der Waals surface area contributed by atoms with E-state index in [0.717, 1.165) is 29.8 Å². The molecule has 1 fully saturated rings. The lowest BCUT2D eigenvalue weighted by Crippen LogP contribution is -2.37. The third-order valence-electron chi connectivity index (χ3n) is 3.01. The fourth-order valence-electron chi connectivity index (χ4n) is 1.93. The number of carbonyl (C=O) groups excluding carboxylic acids is 1. The molecule has 0 radical (unpaired) electrons. The average molecular weight is 341 g/mol. The Morgan fingerprint density at radius 2 is 2.27 bits per heavy atom. The fraction of sp³-hybridized carbons (Fsp3) is 0.500. The van der Waals surface area contributed by atoms with Crippen LogP contribution in [-0.4, -0.2) is 52.5 Å². The van der Waals surface area contributed by atoms with Gasteiger partial charge in [0.1, 0.15) is 5.01 Å². The minimum atomic E-state index is -0.212. The van der Waals surface area contributed by atoms with Gasteiger partial charge in [-0.3, -0.25) is 4.79 Å². The number of ether oxygens (including phenoxy) is 2. The Labute approximate surface area is 135 Å². The van der Waals surface area contributed by atoms with Gasteiger partial charge >= 0.3 is 0 Å². The van der Waals surface area contributed by atoms with Gasteiger partial charge in [-0.15, -0.1) is 15.7 Å². The van der Waals surface area contributed by atoms with Crippen LogP contribution in [0, 0.1) is 0 Å². The van der Waals surface area contributed by atoms with E-state index in [2.05, 4.69) is 23.9 Å². The Morgan fingerprint density at radius 3 is 3.05 bits per heavy atom. The largest absolute Gasteiger partial charge is 0.464 e. The topological polar surface area (TPSA) is 89.5 Å². The summed E-state index contributed by atoms with van der Waals surface area (Å²) >= 11 is 2.57. The smallest absolute Gasteiger partial charge is 0.271 e. The Kier molecular flexibility index (Phi) is 5.14. The number of amides is 1. The number of anilines is 1. The lowest BCUT2D eigenvalue weighted by atomic mass is 10.4. The van der Waals surface area contributed by atoms with Crippen molar-refractivity contribution >= 4 is 34.8 Å². The predicted molar refractivity (Wildman–Crippen MR) is 82.4 cm³/mol. The summed E-state index contributed by atoms with van der Waals surface area (Å²) in [4.78, 5) is 17.9. The van der Waals surface area contributed by atoms with Gasteiger partial charge in [-0.1, -0.05) is 0 Å². The van der Waals surface area contributed by atoms with E-state index in [1.807, 2.05) is 5.38 Å². The molecule has 0 saturated carbocycles. The number of hydrogen-bond acceptors (Lipinski definition) is 9. The maximum Gasteiger partial charge on any atom is 0.271 e. The first kappa shape index (κ1) is 15.1. The second kappa shape index (κ2) is 7.47. The Bertz CT molecular complexity index is 598. The van der Waals surface area contributed by atoms with Gasteiger partial charge in [-0.25, -0.2) is 4.98 Å². The summed E-state index contributed by atoms with van der Waals surface area (Å²) in [5, 5.41) is 5.48. The highest BCUT2D eigenvalue weighted by Crippen LogP contribution is 2.26. The number of rotatable bonds is 6. The standard InChI is InChI=1S/C12H15N5O3S2/c18-9(14-7-10-13-1-6-21-10)8-20-12-11(15-22-16-12)17-2-4-19-5-3-17/h1,6H,2-5,7-8H2,(H,14,18). The normalized spacial score (nSPS) is 14.8. The quantitative estimate of drug-likeness (QED) is 0.819. The minimum Gasteiger partial charge on any atom is -0.464 e. The number of hydrogen-bond donors (Lipinski definition) is 1. The number of nitrogens with one attached hydrogen (secondary N) is 1. The SMILES string of the molecule is O=C(COc1nsnc1N1CCOCC1)NCc1nccs1. The zero-order chi connectivity index (χ0) is 15.2. The molecule has 8 nitrogen and oxygen atoms in total. The van der Waals surface area contributed by atoms with E-state index in [9.17, 15) is 4.79 Å². The molecule has 1 N–H and O–H groups in total. The maximum absolute atomic E-state index is 11.8. The number of morpholine rings is 1. The molecule has 0 unspecified atom stereocenters. The van der Waals surface area contributed by atoms with Crippen molar-refractivity contribution in [2.75, 3.05) is 37.8 Å². The number of nitrogens with zero attached hydrogens (tertiary/aromatic N) is 4. The molecule has 1 aliphatic rings. The van der Waals surface area contributed by atoms with Gasteiger partial charge in [0.05, 0.1) is 31.5 Å². The Hall–Kier alpha value is -1.78. The van der Waals surface area contributed by atoms with E-state index in [1.165, 1.54) is 11.3 Å². The van der Waals surface area contributed by atoms with Gasteiger partial charge in [-0.2, -0.15) is 4.37 Å². The zero-order valence-electron chi connectivity index (χ0n) is 11.7. The molecule has 0 aromatic carbocycles. The van der Waals surface area contributed by atoms with Gasteiger partial charge in [-0.05, 0) is 0 Å². The van der Waals surface area contributed by atoms with Gasteiger partial charge in [0.2, 0.25) is 5.82 Å². The molecule has 3 rings (SSSR count). The fourth-order valence-corrected chi connectivity index (χ4v) is 3.01. The molecule has 1 saturated heterocycles. The van der Waals surface area contributed by atoms with Crippen LogP contribution >= 0.6 is 23.1 Å². The summed E-state index contributed by atoms with van der Waals surface area (Å²) in [6.07, 6.45) is 1.71. The Morgan fingerprint density at radius 1 is 1.41 bits per heavy atom. The molecule has 2 aromatic heterocycles. The summed E-state index contributed by atoms with van der Waals surface area (Å²) in [6, 6.07) is 0. The van der Waals surface area contributed by atoms with Crippen LogP contribution in [0.4, 0.5) is 5.82 Å². The molecule has 118 valence electrons. The van der Waals surface area contributed by atoms with Crippen LogP contribution in [0.25, 0.3) is 0 Å². The molecule has 1 amide bonds. The highest BCUT2D eigenvalue weighted by molar-refractivity contribution is 7.09. The van der Waals surface area contributed by atoms with E-state index in [-0.39, 0.29) is 12.5 Å². The molecular formula is C12H15N5O3S2. The molecule has 0 bridgehead atoms. The van der Waals surface area contributed by atoms with E-state index in [4.69, 9.17) is 9.47 Å². The van der Waals surface area contributed by atoms with E-state index >= 15 is 0 Å². The average Bonchev–Trinajstić information content (AvgIpc) is 3.23. The summed E-state index contributed by atoms with van der Waals surface area (Å²) in [7, 11) is 0. The van der Waals surface area contributed by atoms with Crippen LogP contribution in [0.2, 0.25) is 0 Å². The van der Waals surface area contributed by atoms with Crippen molar-refractivity contribution in [1.82, 2.24) is 19.0 Å². The molecular weight excluding hydrogens is 326 g/mol. The van der Waals surface area contributed by atoms with E-state index in [0.29, 0.717) is 31.5 Å². The third kappa shape index (κ3) is 3.90. The lowest BCUT2D eigenvalue weighted by Gasteiger charge is -2.26. The van der Waals surface area contributed by atoms with Gasteiger partial charge < -0.3 is 19.7 Å².